The third-order valence-corrected chi connectivity index (χ3v) is 6.74. The third-order valence-electron chi connectivity index (χ3n) is 5.60. The van der Waals surface area contributed by atoms with Crippen LogP contribution in [0.4, 0.5) is 5.13 Å². The minimum absolute atomic E-state index is 0.00879. The number of hydrogen-bond donors (Lipinski definition) is 2. The molecule has 2 aromatic carbocycles. The molecule has 1 aliphatic rings. The van der Waals surface area contributed by atoms with E-state index in [9.17, 15) is 24.6 Å². The first-order valence-corrected chi connectivity index (χ1v) is 12.2. The average molecular weight is 521 g/mol. The fourth-order valence-corrected chi connectivity index (χ4v) is 4.88. The normalized spacial score (nSPS) is 16.6. The first-order chi connectivity index (χ1) is 17.8. The van der Waals surface area contributed by atoms with Gasteiger partial charge < -0.3 is 19.7 Å². The molecule has 1 saturated heterocycles. The Labute approximate surface area is 216 Å². The largest absolute Gasteiger partial charge is 0.508 e. The van der Waals surface area contributed by atoms with Crippen molar-refractivity contribution in [3.8, 4) is 11.5 Å². The van der Waals surface area contributed by atoms with Crippen LogP contribution < -0.4 is 9.64 Å². The molecule has 0 bridgehead atoms. The van der Waals surface area contributed by atoms with Gasteiger partial charge in [-0.3, -0.25) is 14.5 Å². The number of phenols is 1. The molecule has 3 aromatic rings. The van der Waals surface area contributed by atoms with Gasteiger partial charge in [-0.15, -0.1) is 0 Å². The summed E-state index contributed by atoms with van der Waals surface area (Å²) in [6.45, 7) is 7.35. The molecular formula is C27H24N2O7S. The second-order valence-corrected chi connectivity index (χ2v) is 8.99. The van der Waals surface area contributed by atoms with E-state index in [1.807, 2.05) is 0 Å². The van der Waals surface area contributed by atoms with Gasteiger partial charge in [-0.2, -0.15) is 0 Å². The number of carbonyl (C=O) groups excluding carboxylic acids is 3. The van der Waals surface area contributed by atoms with Crippen LogP contribution in [0.1, 0.15) is 39.5 Å². The lowest BCUT2D eigenvalue weighted by Crippen LogP contribution is -2.29. The number of aliphatic hydroxyl groups is 1. The molecule has 190 valence electrons. The van der Waals surface area contributed by atoms with Gasteiger partial charge in [0, 0.05) is 5.56 Å². The predicted octanol–water partition coefficient (Wildman–Crippen LogP) is 4.52. The number of aromatic nitrogens is 1. The van der Waals surface area contributed by atoms with Gasteiger partial charge >= 0.3 is 11.9 Å². The van der Waals surface area contributed by atoms with Crippen molar-refractivity contribution in [3.63, 3.8) is 0 Å². The van der Waals surface area contributed by atoms with E-state index >= 15 is 0 Å². The molecule has 0 radical (unpaired) electrons. The van der Waals surface area contributed by atoms with E-state index in [0.29, 0.717) is 29.2 Å². The predicted molar refractivity (Wildman–Crippen MR) is 138 cm³/mol. The van der Waals surface area contributed by atoms with E-state index in [2.05, 4.69) is 11.6 Å². The maximum atomic E-state index is 13.3. The number of benzene rings is 2. The number of thiazole rings is 1. The van der Waals surface area contributed by atoms with E-state index < -0.39 is 23.7 Å². The van der Waals surface area contributed by atoms with Crippen molar-refractivity contribution < 1.29 is 34.1 Å². The molecule has 1 aromatic heterocycles. The van der Waals surface area contributed by atoms with Crippen molar-refractivity contribution in [3.05, 3.63) is 88.5 Å². The number of aliphatic hydroxyl groups excluding tert-OH is 1. The molecule has 0 aliphatic carbocycles. The quantitative estimate of drug-likeness (QED) is 0.146. The lowest BCUT2D eigenvalue weighted by atomic mass is 9.95. The summed E-state index contributed by atoms with van der Waals surface area (Å²) in [5.41, 5.74) is 0.950. The van der Waals surface area contributed by atoms with Gasteiger partial charge in [0.05, 0.1) is 23.9 Å². The van der Waals surface area contributed by atoms with E-state index in [1.54, 1.807) is 56.3 Å². The second kappa shape index (κ2) is 10.7. The van der Waals surface area contributed by atoms with Gasteiger partial charge in [0.15, 0.2) is 5.13 Å². The number of hydrogen-bond acceptors (Lipinski definition) is 9. The molecule has 37 heavy (non-hydrogen) atoms. The Bertz CT molecular complexity index is 1390. The topological polar surface area (TPSA) is 126 Å². The molecule has 1 fully saturated rings. The van der Waals surface area contributed by atoms with E-state index in [-0.39, 0.29) is 33.7 Å². The molecule has 10 heteroatoms. The Morgan fingerprint density at radius 3 is 2.46 bits per heavy atom. The Morgan fingerprint density at radius 1 is 1.16 bits per heavy atom. The number of nitrogens with zero attached hydrogens (tertiary/aromatic N) is 2. The number of ketones is 1. The third kappa shape index (κ3) is 4.96. The number of rotatable bonds is 8. The maximum Gasteiger partial charge on any atom is 0.350 e. The highest BCUT2D eigenvalue weighted by Gasteiger charge is 2.48. The van der Waals surface area contributed by atoms with E-state index in [0.717, 1.165) is 16.2 Å². The highest BCUT2D eigenvalue weighted by Crippen LogP contribution is 2.44. The fraction of sp³-hybridized carbons (Fsp3) is 0.185. The number of phenolic OH excluding ortho intramolecular Hbond substituents is 1. The van der Waals surface area contributed by atoms with E-state index in [1.165, 1.54) is 12.1 Å². The van der Waals surface area contributed by atoms with Gasteiger partial charge in [0.25, 0.3) is 5.78 Å². The Balaban J connectivity index is 1.84. The Morgan fingerprint density at radius 2 is 1.84 bits per heavy atom. The van der Waals surface area contributed by atoms with Crippen LogP contribution in [0.5, 0.6) is 11.5 Å². The van der Waals surface area contributed by atoms with Crippen molar-refractivity contribution in [2.75, 3.05) is 18.1 Å². The minimum Gasteiger partial charge on any atom is -0.508 e. The summed E-state index contributed by atoms with van der Waals surface area (Å²) in [6, 6.07) is 11.3. The van der Waals surface area contributed by atoms with Crippen molar-refractivity contribution in [2.24, 2.45) is 0 Å². The number of anilines is 1. The Hall–Kier alpha value is -4.44. The SMILES string of the molecule is C=CCOc1ccc(/C(O)=C2\C(=O)C(=O)N(c3nc(C)c(C(=O)OCC)s3)C2c2ccc(O)cc2)cc1. The summed E-state index contributed by atoms with van der Waals surface area (Å²) in [4.78, 5) is 44.7. The number of aromatic hydroxyl groups is 1. The molecule has 1 amide bonds. The first kappa shape index (κ1) is 25.6. The number of ether oxygens (including phenoxy) is 2. The van der Waals surface area contributed by atoms with Crippen LogP contribution in [-0.2, 0) is 14.3 Å². The zero-order valence-electron chi connectivity index (χ0n) is 20.1. The van der Waals surface area contributed by atoms with Crippen LogP contribution in [0, 0.1) is 6.92 Å². The molecule has 0 saturated carbocycles. The first-order valence-electron chi connectivity index (χ1n) is 11.3. The minimum atomic E-state index is -1.06. The molecule has 2 heterocycles. The molecule has 1 aliphatic heterocycles. The summed E-state index contributed by atoms with van der Waals surface area (Å²) in [7, 11) is 0. The molecule has 1 unspecified atom stereocenters. The van der Waals surface area contributed by atoms with Crippen molar-refractivity contribution in [1.29, 1.82) is 0 Å². The summed E-state index contributed by atoms with van der Waals surface area (Å²) in [5, 5.41) is 21.1. The van der Waals surface area contributed by atoms with Crippen LogP contribution in [0.2, 0.25) is 0 Å². The molecule has 1 atom stereocenters. The summed E-state index contributed by atoms with van der Waals surface area (Å²) in [5.74, 6) is -2.25. The molecule has 2 N–H and O–H groups in total. The van der Waals surface area contributed by atoms with Gasteiger partial charge in [-0.05, 0) is 55.8 Å². The summed E-state index contributed by atoms with van der Waals surface area (Å²) < 4.78 is 10.5. The molecule has 9 nitrogen and oxygen atoms in total. The van der Waals surface area contributed by atoms with Crippen LogP contribution in [-0.4, -0.2) is 46.1 Å². The second-order valence-electron chi connectivity index (χ2n) is 8.02. The van der Waals surface area contributed by atoms with Crippen LogP contribution in [0.15, 0.2) is 66.8 Å². The van der Waals surface area contributed by atoms with Crippen molar-refractivity contribution in [2.45, 2.75) is 19.9 Å². The number of aryl methyl sites for hydroxylation is 1. The Kier molecular flexibility index (Phi) is 7.40. The van der Waals surface area contributed by atoms with Crippen LogP contribution in [0.3, 0.4) is 0 Å². The molecular weight excluding hydrogens is 496 g/mol. The zero-order valence-corrected chi connectivity index (χ0v) is 20.9. The number of esters is 1. The maximum absolute atomic E-state index is 13.3. The fourth-order valence-electron chi connectivity index (χ4n) is 3.89. The average Bonchev–Trinajstić information content (AvgIpc) is 3.40. The number of carbonyl (C=O) groups is 3. The van der Waals surface area contributed by atoms with Gasteiger partial charge in [-0.25, -0.2) is 9.78 Å². The van der Waals surface area contributed by atoms with Crippen LogP contribution >= 0.6 is 11.3 Å². The number of Topliss-reactive ketones (excluding diaryl/α,β-unsaturated/α-hetero) is 1. The highest BCUT2D eigenvalue weighted by atomic mass is 32.1. The van der Waals surface area contributed by atoms with Gasteiger partial charge in [0.2, 0.25) is 0 Å². The zero-order chi connectivity index (χ0) is 26.7. The number of amides is 1. The summed E-state index contributed by atoms with van der Waals surface area (Å²) >= 11 is 0.920. The van der Waals surface area contributed by atoms with Crippen LogP contribution in [0.25, 0.3) is 5.76 Å². The lowest BCUT2D eigenvalue weighted by molar-refractivity contribution is -0.132. The molecule has 0 spiro atoms. The van der Waals surface area contributed by atoms with Gasteiger partial charge in [-0.1, -0.05) is 36.1 Å². The van der Waals surface area contributed by atoms with Crippen molar-refractivity contribution >= 4 is 39.9 Å². The van der Waals surface area contributed by atoms with E-state index in [4.69, 9.17) is 9.47 Å². The standard InChI is InChI=1S/C27H24N2O7S/c1-4-14-36-19-12-8-17(9-13-19)22(31)20-21(16-6-10-18(30)11-7-16)29(25(33)23(20)32)27-28-15(3)24(37-27)26(34)35-5-2/h4,6-13,21,30-31H,1,5,14H2,2-3H3/b22-20+. The highest BCUT2D eigenvalue weighted by molar-refractivity contribution is 7.17. The van der Waals surface area contributed by atoms with Crippen molar-refractivity contribution in [1.82, 2.24) is 4.98 Å². The summed E-state index contributed by atoms with van der Waals surface area (Å²) in [6.07, 6.45) is 1.60. The monoisotopic (exact) mass is 520 g/mol. The smallest absolute Gasteiger partial charge is 0.350 e. The lowest BCUT2D eigenvalue weighted by Gasteiger charge is -2.23. The molecule has 4 rings (SSSR count). The van der Waals surface area contributed by atoms with Gasteiger partial charge in [0.1, 0.15) is 28.7 Å².